The second kappa shape index (κ2) is 9.99. The van der Waals surface area contributed by atoms with Gasteiger partial charge in [-0.1, -0.05) is 29.3 Å². The summed E-state index contributed by atoms with van der Waals surface area (Å²) in [7, 11) is 0. The second-order valence-corrected chi connectivity index (χ2v) is 8.04. The quantitative estimate of drug-likeness (QED) is 0.426. The number of ether oxygens (including phenoxy) is 1. The molecule has 0 aromatic heterocycles. The van der Waals surface area contributed by atoms with E-state index in [1.54, 1.807) is 72.8 Å². The zero-order chi connectivity index (χ0) is 24.2. The van der Waals surface area contributed by atoms with Crippen molar-refractivity contribution in [2.45, 2.75) is 6.92 Å². The molecule has 1 aliphatic heterocycles. The van der Waals surface area contributed by atoms with Crippen LogP contribution in [0.5, 0.6) is 5.75 Å². The lowest BCUT2D eigenvalue weighted by Gasteiger charge is -2.16. The van der Waals surface area contributed by atoms with Crippen molar-refractivity contribution in [1.29, 1.82) is 0 Å². The number of imide groups is 1. The Bertz CT molecular complexity index is 1290. The van der Waals surface area contributed by atoms with E-state index in [0.717, 1.165) is 4.90 Å². The van der Waals surface area contributed by atoms with Crippen LogP contribution in [0.3, 0.4) is 0 Å². The van der Waals surface area contributed by atoms with Crippen LogP contribution in [-0.4, -0.2) is 24.3 Å². The zero-order valence-corrected chi connectivity index (χ0v) is 19.5. The van der Waals surface area contributed by atoms with E-state index in [-0.39, 0.29) is 16.6 Å². The number of hydrogen-bond donors (Lipinski definition) is 2. The molecule has 172 valence electrons. The summed E-state index contributed by atoms with van der Waals surface area (Å²) in [4.78, 5) is 39.3. The van der Waals surface area contributed by atoms with Crippen molar-refractivity contribution in [3.05, 3.63) is 94.1 Å². The van der Waals surface area contributed by atoms with Gasteiger partial charge in [0.05, 0.1) is 12.3 Å². The van der Waals surface area contributed by atoms with E-state index in [9.17, 15) is 14.4 Å². The van der Waals surface area contributed by atoms with E-state index in [2.05, 4.69) is 10.6 Å². The van der Waals surface area contributed by atoms with Crippen molar-refractivity contribution in [1.82, 2.24) is 0 Å². The Morgan fingerprint density at radius 3 is 2.29 bits per heavy atom. The minimum Gasteiger partial charge on any atom is -0.494 e. The molecule has 0 radical (unpaired) electrons. The molecule has 0 spiro atoms. The summed E-state index contributed by atoms with van der Waals surface area (Å²) in [6, 6.07) is 19.8. The van der Waals surface area contributed by atoms with Crippen LogP contribution >= 0.6 is 23.2 Å². The number of benzene rings is 3. The first kappa shape index (κ1) is 23.4. The van der Waals surface area contributed by atoms with Crippen molar-refractivity contribution in [3.8, 4) is 5.75 Å². The molecule has 3 aromatic rings. The fourth-order valence-electron chi connectivity index (χ4n) is 3.32. The molecule has 1 heterocycles. The minimum absolute atomic E-state index is 0.0733. The largest absolute Gasteiger partial charge is 0.494 e. The first-order chi connectivity index (χ1) is 16.4. The SMILES string of the molecule is CCOc1ccc(N2C(=O)C(Cl)=C(Nc3cccc(C(=O)Nc4ccc(Cl)cc4)c3)C2=O)cc1. The van der Waals surface area contributed by atoms with Crippen molar-refractivity contribution >= 4 is 58.0 Å². The number of hydrogen-bond acceptors (Lipinski definition) is 5. The molecule has 0 fully saturated rings. The highest BCUT2D eigenvalue weighted by molar-refractivity contribution is 6.53. The molecule has 0 saturated carbocycles. The molecule has 0 bridgehead atoms. The molecule has 9 heteroatoms. The maximum Gasteiger partial charge on any atom is 0.283 e. The molecule has 0 aliphatic carbocycles. The molecule has 0 saturated heterocycles. The standard InChI is InChI=1S/C25H19Cl2N3O4/c1-2-34-20-12-10-19(11-13-20)30-24(32)21(27)22(25(30)33)28-18-5-3-4-15(14-18)23(31)29-17-8-6-16(26)7-9-17/h3-14,28H,2H2,1H3,(H,29,31). The highest BCUT2D eigenvalue weighted by Crippen LogP contribution is 2.31. The molecular formula is C25H19Cl2N3O4. The van der Waals surface area contributed by atoms with Crippen LogP contribution in [0, 0.1) is 0 Å². The molecule has 2 N–H and O–H groups in total. The molecule has 7 nitrogen and oxygen atoms in total. The van der Waals surface area contributed by atoms with Crippen LogP contribution in [-0.2, 0) is 9.59 Å². The van der Waals surface area contributed by atoms with Gasteiger partial charge in [0.2, 0.25) is 0 Å². The number of carbonyl (C=O) groups excluding carboxylic acids is 3. The minimum atomic E-state index is -0.644. The molecule has 3 amide bonds. The summed E-state index contributed by atoms with van der Waals surface area (Å²) in [6.45, 7) is 2.36. The zero-order valence-electron chi connectivity index (χ0n) is 18.0. The van der Waals surface area contributed by atoms with Gasteiger partial charge in [-0.3, -0.25) is 14.4 Å². The fourth-order valence-corrected chi connectivity index (χ4v) is 3.66. The Morgan fingerprint density at radius 2 is 1.62 bits per heavy atom. The van der Waals surface area contributed by atoms with Gasteiger partial charge in [0.1, 0.15) is 16.5 Å². The number of carbonyl (C=O) groups is 3. The van der Waals surface area contributed by atoms with Crippen LogP contribution in [0.1, 0.15) is 17.3 Å². The molecule has 1 aliphatic rings. The normalized spacial score (nSPS) is 13.3. The molecule has 0 atom stereocenters. The Morgan fingerprint density at radius 1 is 0.912 bits per heavy atom. The summed E-state index contributed by atoms with van der Waals surface area (Å²) in [5.74, 6) is -0.975. The van der Waals surface area contributed by atoms with Gasteiger partial charge in [0, 0.05) is 22.0 Å². The van der Waals surface area contributed by atoms with Crippen molar-refractivity contribution in [2.75, 3.05) is 22.1 Å². The number of nitrogens with zero attached hydrogens (tertiary/aromatic N) is 1. The monoisotopic (exact) mass is 495 g/mol. The maximum absolute atomic E-state index is 13.0. The highest BCUT2D eigenvalue weighted by atomic mass is 35.5. The van der Waals surface area contributed by atoms with Gasteiger partial charge in [-0.05, 0) is 73.7 Å². The first-order valence-electron chi connectivity index (χ1n) is 10.3. The smallest absolute Gasteiger partial charge is 0.283 e. The number of rotatable bonds is 7. The van der Waals surface area contributed by atoms with Gasteiger partial charge >= 0.3 is 0 Å². The second-order valence-electron chi connectivity index (χ2n) is 7.23. The molecular weight excluding hydrogens is 477 g/mol. The predicted octanol–water partition coefficient (Wildman–Crippen LogP) is 5.43. The third-order valence-electron chi connectivity index (χ3n) is 4.93. The summed E-state index contributed by atoms with van der Waals surface area (Å²) in [6.07, 6.45) is 0. The van der Waals surface area contributed by atoms with Crippen molar-refractivity contribution in [2.24, 2.45) is 0 Å². The highest BCUT2D eigenvalue weighted by Gasteiger charge is 2.39. The maximum atomic E-state index is 13.0. The lowest BCUT2D eigenvalue weighted by Crippen LogP contribution is -2.32. The van der Waals surface area contributed by atoms with E-state index in [1.165, 1.54) is 0 Å². The fraction of sp³-hybridized carbons (Fsp3) is 0.0800. The number of halogens is 2. The van der Waals surface area contributed by atoms with Crippen LogP contribution in [0.25, 0.3) is 0 Å². The first-order valence-corrected chi connectivity index (χ1v) is 11.1. The lowest BCUT2D eigenvalue weighted by molar-refractivity contribution is -0.120. The number of anilines is 3. The number of amides is 3. The van der Waals surface area contributed by atoms with E-state index in [4.69, 9.17) is 27.9 Å². The Balaban J connectivity index is 1.51. The Kier molecular flexibility index (Phi) is 6.86. The number of nitrogens with one attached hydrogen (secondary N) is 2. The summed E-state index contributed by atoms with van der Waals surface area (Å²) < 4.78 is 5.40. The third kappa shape index (κ3) is 4.90. The van der Waals surface area contributed by atoms with Gasteiger partial charge in [-0.2, -0.15) is 0 Å². The lowest BCUT2D eigenvalue weighted by atomic mass is 10.1. The van der Waals surface area contributed by atoms with E-state index in [1.807, 2.05) is 6.92 Å². The van der Waals surface area contributed by atoms with Gasteiger partial charge in [-0.15, -0.1) is 0 Å². The summed E-state index contributed by atoms with van der Waals surface area (Å²) >= 11 is 12.1. The van der Waals surface area contributed by atoms with Crippen LogP contribution in [0.2, 0.25) is 5.02 Å². The molecule has 0 unspecified atom stereocenters. The van der Waals surface area contributed by atoms with Gasteiger partial charge in [0.25, 0.3) is 17.7 Å². The van der Waals surface area contributed by atoms with E-state index < -0.39 is 11.8 Å². The molecule has 4 rings (SSSR count). The molecule has 3 aromatic carbocycles. The van der Waals surface area contributed by atoms with Crippen molar-refractivity contribution in [3.63, 3.8) is 0 Å². The summed E-state index contributed by atoms with van der Waals surface area (Å²) in [5.41, 5.74) is 1.64. The van der Waals surface area contributed by atoms with E-state index >= 15 is 0 Å². The Hall–Kier alpha value is -3.81. The summed E-state index contributed by atoms with van der Waals surface area (Å²) in [5, 5.41) is 5.97. The third-order valence-corrected chi connectivity index (χ3v) is 5.53. The van der Waals surface area contributed by atoms with Crippen LogP contribution in [0.4, 0.5) is 17.1 Å². The molecule has 34 heavy (non-hydrogen) atoms. The predicted molar refractivity (Wildman–Crippen MR) is 132 cm³/mol. The topological polar surface area (TPSA) is 87.7 Å². The average molecular weight is 496 g/mol. The van der Waals surface area contributed by atoms with Crippen LogP contribution in [0.15, 0.2) is 83.5 Å². The van der Waals surface area contributed by atoms with Gasteiger partial charge in [-0.25, -0.2) is 4.90 Å². The van der Waals surface area contributed by atoms with Gasteiger partial charge in [0.15, 0.2) is 0 Å². The van der Waals surface area contributed by atoms with Crippen molar-refractivity contribution < 1.29 is 19.1 Å². The Labute approximate surface area is 205 Å². The van der Waals surface area contributed by atoms with Gasteiger partial charge < -0.3 is 15.4 Å². The van der Waals surface area contributed by atoms with Crippen LogP contribution < -0.4 is 20.3 Å². The van der Waals surface area contributed by atoms with E-state index in [0.29, 0.717) is 40.0 Å². The average Bonchev–Trinajstić information content (AvgIpc) is 3.04.